The lowest BCUT2D eigenvalue weighted by Crippen LogP contribution is -2.32. The van der Waals surface area contributed by atoms with Gasteiger partial charge in [-0.25, -0.2) is 21.1 Å². The van der Waals surface area contributed by atoms with Gasteiger partial charge in [-0.3, -0.25) is 0 Å². The molecule has 0 unspecified atom stereocenters. The Balaban J connectivity index is 1.93. The van der Waals surface area contributed by atoms with Crippen LogP contribution in [0.2, 0.25) is 5.02 Å². The second-order valence-corrected chi connectivity index (χ2v) is 12.5. The van der Waals surface area contributed by atoms with Gasteiger partial charge in [0.15, 0.2) is 9.84 Å². The van der Waals surface area contributed by atoms with Gasteiger partial charge in [-0.15, -0.1) is 0 Å². The highest BCUT2D eigenvalue weighted by Gasteiger charge is 2.30. The molecule has 0 radical (unpaired) electrons. The number of allylic oxidation sites excluding steroid dienone is 2. The summed E-state index contributed by atoms with van der Waals surface area (Å²) in [5.41, 5.74) is 3.30. The van der Waals surface area contributed by atoms with E-state index in [9.17, 15) is 16.8 Å². The quantitative estimate of drug-likeness (QED) is 0.431. The molecular formula is C26H24ClNO5S2. The predicted molar refractivity (Wildman–Crippen MR) is 141 cm³/mol. The number of ether oxygens (including phenoxy) is 1. The third-order valence-electron chi connectivity index (χ3n) is 5.58. The zero-order chi connectivity index (χ0) is 25.4. The highest BCUT2D eigenvalue weighted by Crippen LogP contribution is 2.37. The molecule has 0 aliphatic carbocycles. The maximum atomic E-state index is 13.4. The number of sulfone groups is 1. The van der Waals surface area contributed by atoms with Crippen LogP contribution in [-0.2, 0) is 19.9 Å². The van der Waals surface area contributed by atoms with Crippen LogP contribution in [0.4, 0.5) is 5.69 Å². The average molecular weight is 530 g/mol. The van der Waals surface area contributed by atoms with Crippen molar-refractivity contribution in [1.29, 1.82) is 0 Å². The molecule has 0 fully saturated rings. The van der Waals surface area contributed by atoms with Crippen molar-refractivity contribution in [3.8, 4) is 5.75 Å². The summed E-state index contributed by atoms with van der Waals surface area (Å²) in [6, 6.07) is 18.5. The van der Waals surface area contributed by atoms with Crippen LogP contribution in [0.1, 0.15) is 16.7 Å². The fraction of sp³-hybridized carbons (Fsp3) is 0.154. The van der Waals surface area contributed by atoms with E-state index < -0.39 is 25.6 Å². The minimum absolute atomic E-state index is 0.108. The van der Waals surface area contributed by atoms with E-state index in [0.29, 0.717) is 27.6 Å². The molecule has 0 atom stereocenters. The molecule has 0 amide bonds. The molecular weight excluding hydrogens is 506 g/mol. The molecule has 0 spiro atoms. The summed E-state index contributed by atoms with van der Waals surface area (Å²) in [5.74, 6) is 0.147. The second-order valence-electron chi connectivity index (χ2n) is 8.27. The van der Waals surface area contributed by atoms with E-state index in [0.717, 1.165) is 21.7 Å². The first-order valence-electron chi connectivity index (χ1n) is 10.6. The van der Waals surface area contributed by atoms with E-state index >= 15 is 0 Å². The van der Waals surface area contributed by atoms with Crippen LogP contribution in [0, 0.1) is 6.92 Å². The van der Waals surface area contributed by atoms with Crippen molar-refractivity contribution in [2.75, 3.05) is 23.4 Å². The minimum Gasteiger partial charge on any atom is -0.497 e. The number of sulfonamides is 1. The first kappa shape index (κ1) is 25.0. The van der Waals surface area contributed by atoms with Gasteiger partial charge in [0.25, 0.3) is 0 Å². The number of rotatable bonds is 6. The lowest BCUT2D eigenvalue weighted by Gasteiger charge is -2.26. The Morgan fingerprint density at radius 1 is 0.886 bits per heavy atom. The Hall–Kier alpha value is -3.07. The van der Waals surface area contributed by atoms with E-state index in [1.54, 1.807) is 61.7 Å². The molecule has 0 bridgehead atoms. The third-order valence-corrected chi connectivity index (χ3v) is 8.57. The molecule has 9 heteroatoms. The van der Waals surface area contributed by atoms with Crippen LogP contribution >= 0.6 is 11.6 Å². The maximum absolute atomic E-state index is 13.4. The van der Waals surface area contributed by atoms with Crippen molar-refractivity contribution in [3.05, 3.63) is 100 Å². The lowest BCUT2D eigenvalue weighted by atomic mass is 10.0. The molecule has 1 aliphatic rings. The second kappa shape index (κ2) is 9.53. The molecule has 1 aliphatic heterocycles. The molecule has 182 valence electrons. The van der Waals surface area contributed by atoms with Crippen LogP contribution in [0.25, 0.3) is 11.6 Å². The molecule has 0 N–H and O–H groups in total. The standard InChI is InChI=1S/C26H24ClNO5S2/c1-18-4-11-25(12-5-18)35(31,32)17-23-16-20(19-6-9-24(33-2)10-7-19)14-21-15-22(27)8-13-26(21)28(23)34(3,29)30/h4-16H,17H2,1-3H3. The summed E-state index contributed by atoms with van der Waals surface area (Å²) in [7, 11) is -6.19. The first-order chi connectivity index (χ1) is 16.5. The summed E-state index contributed by atoms with van der Waals surface area (Å²) in [6.07, 6.45) is 4.45. The number of fused-ring (bicyclic) bond motifs is 1. The number of benzene rings is 3. The summed E-state index contributed by atoms with van der Waals surface area (Å²) in [4.78, 5) is 0.119. The molecule has 3 aromatic rings. The third kappa shape index (κ3) is 5.45. The van der Waals surface area contributed by atoms with Crippen molar-refractivity contribution < 1.29 is 21.6 Å². The molecule has 35 heavy (non-hydrogen) atoms. The van der Waals surface area contributed by atoms with Gasteiger partial charge in [0, 0.05) is 10.6 Å². The molecule has 0 aromatic heterocycles. The van der Waals surface area contributed by atoms with Gasteiger partial charge in [0.1, 0.15) is 5.75 Å². The van der Waals surface area contributed by atoms with Gasteiger partial charge >= 0.3 is 0 Å². The van der Waals surface area contributed by atoms with Crippen LogP contribution < -0.4 is 9.04 Å². The van der Waals surface area contributed by atoms with Crippen molar-refractivity contribution in [1.82, 2.24) is 0 Å². The normalized spacial score (nSPS) is 14.0. The SMILES string of the molecule is COc1ccc(C2=Cc3cc(Cl)ccc3N(S(C)(=O)=O)C(CS(=O)(=O)c3ccc(C)cc3)=C2)cc1. The highest BCUT2D eigenvalue weighted by molar-refractivity contribution is 7.93. The fourth-order valence-electron chi connectivity index (χ4n) is 3.89. The van der Waals surface area contributed by atoms with Crippen LogP contribution in [0.15, 0.2) is 83.4 Å². The van der Waals surface area contributed by atoms with E-state index in [-0.39, 0.29) is 10.6 Å². The molecule has 0 saturated heterocycles. The van der Waals surface area contributed by atoms with Crippen LogP contribution in [0.5, 0.6) is 5.75 Å². The number of hydrogen-bond acceptors (Lipinski definition) is 5. The van der Waals surface area contributed by atoms with Gasteiger partial charge < -0.3 is 4.74 Å². The summed E-state index contributed by atoms with van der Waals surface area (Å²) < 4.78 is 59.1. The predicted octanol–water partition coefficient (Wildman–Crippen LogP) is 5.34. The molecule has 4 rings (SSSR count). The zero-order valence-electron chi connectivity index (χ0n) is 19.4. The Labute approximate surface area is 211 Å². The Kier molecular flexibility index (Phi) is 6.81. The first-order valence-corrected chi connectivity index (χ1v) is 14.5. The van der Waals surface area contributed by atoms with E-state index in [4.69, 9.17) is 16.3 Å². The van der Waals surface area contributed by atoms with Crippen molar-refractivity contribution >= 4 is 48.8 Å². The molecule has 0 saturated carbocycles. The molecule has 6 nitrogen and oxygen atoms in total. The number of aryl methyl sites for hydroxylation is 1. The summed E-state index contributed by atoms with van der Waals surface area (Å²) in [6.45, 7) is 1.86. The van der Waals surface area contributed by atoms with Gasteiger partial charge in [0.05, 0.1) is 35.4 Å². The number of hydrogen-bond donors (Lipinski definition) is 0. The largest absolute Gasteiger partial charge is 0.497 e. The molecule has 3 aromatic carbocycles. The van der Waals surface area contributed by atoms with Gasteiger partial charge in [-0.1, -0.05) is 41.4 Å². The van der Waals surface area contributed by atoms with E-state index in [1.165, 1.54) is 12.1 Å². The van der Waals surface area contributed by atoms with Gasteiger partial charge in [0.2, 0.25) is 10.0 Å². The number of methoxy groups -OCH3 is 1. The van der Waals surface area contributed by atoms with Crippen molar-refractivity contribution in [3.63, 3.8) is 0 Å². The van der Waals surface area contributed by atoms with E-state index in [1.807, 2.05) is 19.1 Å². The lowest BCUT2D eigenvalue weighted by molar-refractivity contribution is 0.415. The monoisotopic (exact) mass is 529 g/mol. The zero-order valence-corrected chi connectivity index (χ0v) is 21.8. The average Bonchev–Trinajstić information content (AvgIpc) is 2.95. The topological polar surface area (TPSA) is 80.8 Å². The van der Waals surface area contributed by atoms with Crippen molar-refractivity contribution in [2.45, 2.75) is 11.8 Å². The summed E-state index contributed by atoms with van der Waals surface area (Å²) >= 11 is 6.23. The van der Waals surface area contributed by atoms with E-state index in [2.05, 4.69) is 0 Å². The van der Waals surface area contributed by atoms with Gasteiger partial charge in [-0.05, 0) is 72.7 Å². The molecule has 1 heterocycles. The number of anilines is 1. The Morgan fingerprint density at radius 3 is 2.14 bits per heavy atom. The van der Waals surface area contributed by atoms with Crippen LogP contribution in [0.3, 0.4) is 0 Å². The Morgan fingerprint density at radius 2 is 1.54 bits per heavy atom. The van der Waals surface area contributed by atoms with Crippen molar-refractivity contribution in [2.24, 2.45) is 0 Å². The summed E-state index contributed by atoms with van der Waals surface area (Å²) in [5, 5.41) is 0.429. The smallest absolute Gasteiger partial charge is 0.236 e. The number of nitrogens with zero attached hydrogens (tertiary/aromatic N) is 1. The Bertz CT molecular complexity index is 1540. The van der Waals surface area contributed by atoms with Gasteiger partial charge in [-0.2, -0.15) is 0 Å². The minimum atomic E-state index is -3.90. The fourth-order valence-corrected chi connectivity index (χ4v) is 6.54. The van der Waals surface area contributed by atoms with Crippen LogP contribution in [-0.4, -0.2) is 36.0 Å². The highest BCUT2D eigenvalue weighted by atomic mass is 35.5. The maximum Gasteiger partial charge on any atom is 0.236 e. The number of halogens is 1.